The Hall–Kier alpha value is -4.45. The van der Waals surface area contributed by atoms with E-state index in [-0.39, 0.29) is 31.1 Å². The van der Waals surface area contributed by atoms with E-state index in [4.69, 9.17) is 14.2 Å². The van der Waals surface area contributed by atoms with Gasteiger partial charge < -0.3 is 14.2 Å². The molecule has 0 amide bonds. The fourth-order valence-electron chi connectivity index (χ4n) is 7.19. The molecule has 6 heteroatoms. The number of allylic oxidation sites excluding steroid dienone is 22. The smallest absolute Gasteiger partial charge is 0.306 e. The van der Waals surface area contributed by atoms with Crippen LogP contribution < -0.4 is 0 Å². The predicted octanol–water partition coefficient (Wildman–Crippen LogP) is 18.6. The van der Waals surface area contributed by atoms with Gasteiger partial charge in [0.05, 0.1) is 0 Å². The van der Waals surface area contributed by atoms with Gasteiger partial charge in [-0.1, -0.05) is 257 Å². The minimum Gasteiger partial charge on any atom is -0.462 e. The number of unbranched alkanes of at least 4 members (excludes halogenated alkanes) is 23. The largest absolute Gasteiger partial charge is 0.462 e. The molecule has 1 atom stereocenters. The highest BCUT2D eigenvalue weighted by Crippen LogP contribution is 2.14. The Balaban J connectivity index is 4.54. The standard InChI is InChI=1S/C63H100O6/c1-4-7-10-13-16-19-22-25-28-30-32-35-38-41-44-47-50-53-56-62(65)68-59-60(58-67-61(64)55-52-49-46-43-40-37-34-27-24-21-18-15-12-9-6-3)69-63(66)57-54-51-48-45-42-39-36-33-31-29-26-23-20-17-14-11-8-5-2/h9-10,12-13,15-16,18-19,21-22,24-25,27-28,30,32-37,40,60H,4-8,11,14,17,20,23,26,29,31,38-39,41-59H2,1-3H3/b12-9-,13-10-,18-15-,19-16-,24-21-,25-22-,30-28-,34-27-,35-32-,36-33-,40-37-. The van der Waals surface area contributed by atoms with E-state index in [2.05, 4.69) is 75.5 Å². The molecule has 0 bridgehead atoms. The Labute approximate surface area is 424 Å². The average molecular weight is 953 g/mol. The molecule has 0 aliphatic heterocycles. The van der Waals surface area contributed by atoms with Crippen molar-refractivity contribution in [3.05, 3.63) is 134 Å². The quantitative estimate of drug-likeness (QED) is 0.0199. The normalized spacial score (nSPS) is 13.1. The van der Waals surface area contributed by atoms with E-state index in [1.165, 1.54) is 77.0 Å². The van der Waals surface area contributed by atoms with Gasteiger partial charge in [-0.3, -0.25) is 14.4 Å². The maximum absolute atomic E-state index is 12.9. The molecular weight excluding hydrogens is 853 g/mol. The number of hydrogen-bond acceptors (Lipinski definition) is 6. The second-order valence-electron chi connectivity index (χ2n) is 18.0. The molecule has 0 saturated carbocycles. The third-order valence-corrected chi connectivity index (χ3v) is 11.3. The van der Waals surface area contributed by atoms with E-state index in [1.807, 2.05) is 79.0 Å². The monoisotopic (exact) mass is 953 g/mol. The first-order chi connectivity index (χ1) is 34.0. The maximum atomic E-state index is 12.9. The highest BCUT2D eigenvalue weighted by atomic mass is 16.6. The fraction of sp³-hybridized carbons (Fsp3) is 0.603. The molecule has 1 unspecified atom stereocenters. The number of hydrogen-bond donors (Lipinski definition) is 0. The van der Waals surface area contributed by atoms with Crippen molar-refractivity contribution in [2.75, 3.05) is 13.2 Å². The molecule has 0 aliphatic rings. The number of carbonyl (C=O) groups is 3. The van der Waals surface area contributed by atoms with Gasteiger partial charge in [0.1, 0.15) is 13.2 Å². The molecule has 0 aromatic carbocycles. The summed E-state index contributed by atoms with van der Waals surface area (Å²) >= 11 is 0. The second-order valence-corrected chi connectivity index (χ2v) is 18.0. The van der Waals surface area contributed by atoms with Gasteiger partial charge in [-0.15, -0.1) is 0 Å². The van der Waals surface area contributed by atoms with Gasteiger partial charge in [0.15, 0.2) is 6.10 Å². The van der Waals surface area contributed by atoms with Crippen molar-refractivity contribution in [1.82, 2.24) is 0 Å². The maximum Gasteiger partial charge on any atom is 0.306 e. The predicted molar refractivity (Wildman–Crippen MR) is 297 cm³/mol. The van der Waals surface area contributed by atoms with Crippen LogP contribution in [0.4, 0.5) is 0 Å². The Morgan fingerprint density at radius 3 is 1.00 bits per heavy atom. The molecule has 6 nitrogen and oxygen atoms in total. The lowest BCUT2D eigenvalue weighted by atomic mass is 10.1. The van der Waals surface area contributed by atoms with Gasteiger partial charge in [-0.05, 0) is 83.5 Å². The molecule has 0 aromatic rings. The third kappa shape index (κ3) is 54.4. The Morgan fingerprint density at radius 2 is 0.609 bits per heavy atom. The molecule has 0 saturated heterocycles. The van der Waals surface area contributed by atoms with Crippen LogP contribution in [0.1, 0.15) is 226 Å². The van der Waals surface area contributed by atoms with Crippen LogP contribution in [-0.4, -0.2) is 37.2 Å². The Bertz CT molecular complexity index is 1510. The first kappa shape index (κ1) is 64.5. The van der Waals surface area contributed by atoms with Crippen molar-refractivity contribution in [2.24, 2.45) is 0 Å². The van der Waals surface area contributed by atoms with E-state index in [9.17, 15) is 14.4 Å². The highest BCUT2D eigenvalue weighted by Gasteiger charge is 2.19. The van der Waals surface area contributed by atoms with Crippen molar-refractivity contribution in [3.8, 4) is 0 Å². The summed E-state index contributed by atoms with van der Waals surface area (Å²) < 4.78 is 16.8. The van der Waals surface area contributed by atoms with Crippen molar-refractivity contribution in [3.63, 3.8) is 0 Å². The van der Waals surface area contributed by atoms with E-state index >= 15 is 0 Å². The number of ether oxygens (including phenoxy) is 3. The van der Waals surface area contributed by atoms with Crippen LogP contribution in [0.3, 0.4) is 0 Å². The third-order valence-electron chi connectivity index (χ3n) is 11.3. The Kier molecular flexibility index (Phi) is 52.5. The van der Waals surface area contributed by atoms with E-state index in [0.29, 0.717) is 19.3 Å². The molecule has 69 heavy (non-hydrogen) atoms. The van der Waals surface area contributed by atoms with Crippen LogP contribution in [0.5, 0.6) is 0 Å². The molecular formula is C63H100O6. The van der Waals surface area contributed by atoms with E-state index in [0.717, 1.165) is 109 Å². The molecule has 0 aromatic heterocycles. The second kappa shape index (κ2) is 56.1. The average Bonchev–Trinajstić information content (AvgIpc) is 3.35. The Morgan fingerprint density at radius 1 is 0.304 bits per heavy atom. The van der Waals surface area contributed by atoms with Crippen LogP contribution in [0, 0.1) is 0 Å². The lowest BCUT2D eigenvalue weighted by Gasteiger charge is -2.18. The summed E-state index contributed by atoms with van der Waals surface area (Å²) in [5.74, 6) is -0.992. The van der Waals surface area contributed by atoms with Gasteiger partial charge in [0, 0.05) is 19.3 Å². The molecule has 0 radical (unpaired) electrons. The number of carbonyl (C=O) groups excluding carboxylic acids is 3. The van der Waals surface area contributed by atoms with Gasteiger partial charge >= 0.3 is 17.9 Å². The molecule has 0 heterocycles. The van der Waals surface area contributed by atoms with Crippen molar-refractivity contribution < 1.29 is 28.6 Å². The van der Waals surface area contributed by atoms with Crippen molar-refractivity contribution >= 4 is 17.9 Å². The first-order valence-corrected chi connectivity index (χ1v) is 27.8. The summed E-state index contributed by atoms with van der Waals surface area (Å²) in [6.45, 7) is 6.33. The zero-order valence-electron chi connectivity index (χ0n) is 44.3. The van der Waals surface area contributed by atoms with E-state index < -0.39 is 6.10 Å². The number of esters is 3. The first-order valence-electron chi connectivity index (χ1n) is 27.8. The summed E-state index contributed by atoms with van der Waals surface area (Å²) in [5.41, 5.74) is 0. The highest BCUT2D eigenvalue weighted by molar-refractivity contribution is 5.71. The van der Waals surface area contributed by atoms with Crippen LogP contribution in [-0.2, 0) is 28.6 Å². The summed E-state index contributed by atoms with van der Waals surface area (Å²) in [4.78, 5) is 38.1. The molecule has 0 aliphatic carbocycles. The molecule has 0 spiro atoms. The van der Waals surface area contributed by atoms with Gasteiger partial charge in [-0.2, -0.15) is 0 Å². The molecule has 0 N–H and O–H groups in total. The van der Waals surface area contributed by atoms with Gasteiger partial charge in [0.25, 0.3) is 0 Å². The minimum atomic E-state index is -0.816. The summed E-state index contributed by atoms with van der Waals surface area (Å²) in [6.07, 6.45) is 78.6. The van der Waals surface area contributed by atoms with Crippen LogP contribution >= 0.6 is 0 Å². The van der Waals surface area contributed by atoms with Gasteiger partial charge in [0.2, 0.25) is 0 Å². The lowest BCUT2D eigenvalue weighted by Crippen LogP contribution is -2.30. The topological polar surface area (TPSA) is 78.9 Å². The number of rotatable bonds is 48. The molecule has 0 rings (SSSR count). The zero-order valence-corrected chi connectivity index (χ0v) is 44.3. The van der Waals surface area contributed by atoms with Crippen molar-refractivity contribution in [1.29, 1.82) is 0 Å². The van der Waals surface area contributed by atoms with Crippen LogP contribution in [0.15, 0.2) is 134 Å². The zero-order chi connectivity index (χ0) is 50.0. The molecule has 0 fully saturated rings. The van der Waals surface area contributed by atoms with Crippen LogP contribution in [0.2, 0.25) is 0 Å². The minimum absolute atomic E-state index is 0.113. The van der Waals surface area contributed by atoms with E-state index in [1.54, 1.807) is 0 Å². The van der Waals surface area contributed by atoms with Gasteiger partial charge in [-0.25, -0.2) is 0 Å². The van der Waals surface area contributed by atoms with Crippen LogP contribution in [0.25, 0.3) is 0 Å². The van der Waals surface area contributed by atoms with Crippen molar-refractivity contribution in [2.45, 2.75) is 232 Å². The lowest BCUT2D eigenvalue weighted by molar-refractivity contribution is -0.167. The fourth-order valence-corrected chi connectivity index (χ4v) is 7.19. The summed E-state index contributed by atoms with van der Waals surface area (Å²) in [7, 11) is 0. The summed E-state index contributed by atoms with van der Waals surface area (Å²) in [6, 6.07) is 0. The summed E-state index contributed by atoms with van der Waals surface area (Å²) in [5, 5.41) is 0. The SMILES string of the molecule is CC\C=C/C=C\C=C/C=C\C=C/CCCCCC(=O)OCC(COC(=O)CCCCCCC\C=C/C=C\C=C/C=C\C=C/CCC)OC(=O)CCCCCCC/C=C\CCCCCCCCCCC. The molecule has 388 valence electrons.